The molecule has 1 fully saturated rings. The Bertz CT molecular complexity index is 901. The van der Waals surface area contributed by atoms with Gasteiger partial charge in [0.1, 0.15) is 5.76 Å². The quantitative estimate of drug-likeness (QED) is 0.480. The van der Waals surface area contributed by atoms with E-state index in [0.29, 0.717) is 16.1 Å². The van der Waals surface area contributed by atoms with Crippen LogP contribution in [0.15, 0.2) is 54.1 Å². The zero-order chi connectivity index (χ0) is 19.7. The number of carbonyl (C=O) groups excluding carboxylic acids is 2. The standard InChI is InChI=1S/C21H20ClNO4/c1-12-3-5-15(6-4-12)19(25)17-18(14-7-9-16(22)10-8-14)23(11-13(2)24)21(27)20(17)26/h3-10,13,18,24-25H,11H2,1-2H3/b19-17-. The molecule has 0 spiro atoms. The van der Waals surface area contributed by atoms with Crippen LogP contribution < -0.4 is 0 Å². The number of likely N-dealkylation sites (tertiary alicyclic amines) is 1. The van der Waals surface area contributed by atoms with Gasteiger partial charge in [-0.25, -0.2) is 0 Å². The van der Waals surface area contributed by atoms with Crippen molar-refractivity contribution in [2.75, 3.05) is 6.54 Å². The van der Waals surface area contributed by atoms with E-state index >= 15 is 0 Å². The van der Waals surface area contributed by atoms with Gasteiger partial charge in [-0.2, -0.15) is 0 Å². The number of β-amino-alcohol motifs (C(OH)–C–C–N with tert-alkyl or cyclic N) is 1. The molecule has 1 heterocycles. The molecule has 0 aromatic heterocycles. The fraction of sp³-hybridized carbons (Fsp3) is 0.238. The number of ketones is 1. The SMILES string of the molecule is Cc1ccc(/C(O)=C2/C(=O)C(=O)N(CC(C)O)C2c2ccc(Cl)cc2)cc1. The van der Waals surface area contributed by atoms with Gasteiger partial charge in [0.05, 0.1) is 17.7 Å². The van der Waals surface area contributed by atoms with Gasteiger partial charge in [-0.1, -0.05) is 53.6 Å². The molecular formula is C21H20ClNO4. The van der Waals surface area contributed by atoms with Crippen LogP contribution in [-0.2, 0) is 9.59 Å². The zero-order valence-electron chi connectivity index (χ0n) is 15.0. The number of aryl methyl sites for hydroxylation is 1. The number of hydrogen-bond acceptors (Lipinski definition) is 4. The van der Waals surface area contributed by atoms with Crippen LogP contribution in [0, 0.1) is 6.92 Å². The molecule has 2 aromatic rings. The minimum atomic E-state index is -0.822. The van der Waals surface area contributed by atoms with E-state index in [1.807, 2.05) is 19.1 Å². The highest BCUT2D eigenvalue weighted by Crippen LogP contribution is 2.39. The third kappa shape index (κ3) is 3.75. The van der Waals surface area contributed by atoms with Crippen LogP contribution in [-0.4, -0.2) is 39.5 Å². The molecule has 0 bridgehead atoms. The second-order valence-electron chi connectivity index (χ2n) is 6.72. The Kier molecular flexibility index (Phi) is 5.35. The fourth-order valence-electron chi connectivity index (χ4n) is 3.21. The number of hydrogen-bond donors (Lipinski definition) is 2. The van der Waals surface area contributed by atoms with Crippen LogP contribution in [0.25, 0.3) is 5.76 Å². The summed E-state index contributed by atoms with van der Waals surface area (Å²) in [5.74, 6) is -1.75. The molecule has 5 nitrogen and oxygen atoms in total. The van der Waals surface area contributed by atoms with Crippen molar-refractivity contribution < 1.29 is 19.8 Å². The van der Waals surface area contributed by atoms with Gasteiger partial charge in [0.25, 0.3) is 11.7 Å². The molecule has 27 heavy (non-hydrogen) atoms. The molecule has 140 valence electrons. The third-order valence-corrected chi connectivity index (χ3v) is 4.76. The van der Waals surface area contributed by atoms with Crippen LogP contribution in [0.3, 0.4) is 0 Å². The predicted molar refractivity (Wildman–Crippen MR) is 103 cm³/mol. The van der Waals surface area contributed by atoms with Crippen LogP contribution in [0.1, 0.15) is 29.7 Å². The van der Waals surface area contributed by atoms with Crippen molar-refractivity contribution in [1.82, 2.24) is 4.90 Å². The summed E-state index contributed by atoms with van der Waals surface area (Å²) in [6.07, 6.45) is -0.822. The maximum atomic E-state index is 12.7. The minimum Gasteiger partial charge on any atom is -0.507 e. The highest BCUT2D eigenvalue weighted by molar-refractivity contribution is 6.46. The van der Waals surface area contributed by atoms with Crippen molar-refractivity contribution in [3.05, 3.63) is 75.8 Å². The molecule has 6 heteroatoms. The highest BCUT2D eigenvalue weighted by Gasteiger charge is 2.46. The normalized spacial score (nSPS) is 20.1. The van der Waals surface area contributed by atoms with E-state index in [4.69, 9.17) is 11.6 Å². The summed E-state index contributed by atoms with van der Waals surface area (Å²) >= 11 is 5.96. The van der Waals surface area contributed by atoms with Crippen molar-refractivity contribution in [3.63, 3.8) is 0 Å². The van der Waals surface area contributed by atoms with Gasteiger partial charge in [0, 0.05) is 17.1 Å². The predicted octanol–water partition coefficient (Wildman–Crippen LogP) is 3.45. The maximum Gasteiger partial charge on any atom is 0.295 e. The first-order chi connectivity index (χ1) is 12.8. The first-order valence-corrected chi connectivity index (χ1v) is 8.96. The van der Waals surface area contributed by atoms with Crippen molar-refractivity contribution in [2.45, 2.75) is 26.0 Å². The van der Waals surface area contributed by atoms with Gasteiger partial charge in [0.2, 0.25) is 0 Å². The topological polar surface area (TPSA) is 77.8 Å². The number of aliphatic hydroxyl groups excluding tert-OH is 2. The Balaban J connectivity index is 2.17. The van der Waals surface area contributed by atoms with Gasteiger partial charge in [-0.05, 0) is 31.5 Å². The molecule has 2 aromatic carbocycles. The zero-order valence-corrected chi connectivity index (χ0v) is 15.8. The number of nitrogens with zero attached hydrogens (tertiary/aromatic N) is 1. The van der Waals surface area contributed by atoms with Crippen LogP contribution >= 0.6 is 11.6 Å². The molecule has 2 unspecified atom stereocenters. The van der Waals surface area contributed by atoms with Gasteiger partial charge in [0.15, 0.2) is 0 Å². The molecule has 2 atom stereocenters. The molecule has 0 saturated carbocycles. The van der Waals surface area contributed by atoms with E-state index in [1.54, 1.807) is 36.4 Å². The second kappa shape index (κ2) is 7.55. The number of rotatable bonds is 4. The van der Waals surface area contributed by atoms with Crippen LogP contribution in [0.5, 0.6) is 0 Å². The summed E-state index contributed by atoms with van der Waals surface area (Å²) in [4.78, 5) is 26.6. The molecule has 1 aliphatic rings. The van der Waals surface area contributed by atoms with Gasteiger partial charge < -0.3 is 15.1 Å². The molecule has 1 saturated heterocycles. The number of Topliss-reactive ketones (excluding diaryl/α,β-unsaturated/α-hetero) is 1. The summed E-state index contributed by atoms with van der Waals surface area (Å²) < 4.78 is 0. The molecule has 2 N–H and O–H groups in total. The Morgan fingerprint density at radius 1 is 1.11 bits per heavy atom. The first kappa shape index (κ1) is 19.1. The van der Waals surface area contributed by atoms with E-state index in [1.165, 1.54) is 11.8 Å². The van der Waals surface area contributed by atoms with E-state index in [0.717, 1.165) is 5.56 Å². The Morgan fingerprint density at radius 3 is 2.26 bits per heavy atom. The summed E-state index contributed by atoms with van der Waals surface area (Å²) in [5.41, 5.74) is 2.10. The summed E-state index contributed by atoms with van der Waals surface area (Å²) in [5, 5.41) is 21.1. The monoisotopic (exact) mass is 385 g/mol. The lowest BCUT2D eigenvalue weighted by atomic mass is 9.95. The van der Waals surface area contributed by atoms with Crippen LogP contribution in [0.2, 0.25) is 5.02 Å². The van der Waals surface area contributed by atoms with Gasteiger partial charge in [-0.3, -0.25) is 9.59 Å². The smallest absolute Gasteiger partial charge is 0.295 e. The first-order valence-electron chi connectivity index (χ1n) is 8.58. The number of halogens is 1. The average Bonchev–Trinajstić information content (AvgIpc) is 2.87. The highest BCUT2D eigenvalue weighted by atomic mass is 35.5. The van der Waals surface area contributed by atoms with E-state index < -0.39 is 23.8 Å². The lowest BCUT2D eigenvalue weighted by molar-refractivity contribution is -0.140. The largest absolute Gasteiger partial charge is 0.507 e. The van der Waals surface area contributed by atoms with Crippen molar-refractivity contribution in [1.29, 1.82) is 0 Å². The third-order valence-electron chi connectivity index (χ3n) is 4.51. The number of benzene rings is 2. The van der Waals surface area contributed by atoms with E-state index in [-0.39, 0.29) is 17.9 Å². The summed E-state index contributed by atoms with van der Waals surface area (Å²) in [7, 11) is 0. The Labute approximate surface area is 162 Å². The number of amides is 1. The van der Waals surface area contributed by atoms with Crippen molar-refractivity contribution in [2.24, 2.45) is 0 Å². The molecule has 3 rings (SSSR count). The molecule has 1 amide bonds. The van der Waals surface area contributed by atoms with E-state index in [9.17, 15) is 19.8 Å². The second-order valence-corrected chi connectivity index (χ2v) is 7.15. The number of carbonyl (C=O) groups is 2. The van der Waals surface area contributed by atoms with Crippen molar-refractivity contribution >= 4 is 29.1 Å². The maximum absolute atomic E-state index is 12.7. The molecule has 1 aliphatic heterocycles. The minimum absolute atomic E-state index is 0.00632. The van der Waals surface area contributed by atoms with Gasteiger partial charge >= 0.3 is 0 Å². The Hall–Kier alpha value is -2.63. The molecule has 0 aliphatic carbocycles. The van der Waals surface area contributed by atoms with Crippen molar-refractivity contribution in [3.8, 4) is 0 Å². The number of aliphatic hydroxyl groups is 2. The fourth-order valence-corrected chi connectivity index (χ4v) is 3.34. The lowest BCUT2D eigenvalue weighted by Crippen LogP contribution is -2.35. The molecular weight excluding hydrogens is 366 g/mol. The summed E-state index contributed by atoms with van der Waals surface area (Å²) in [6.45, 7) is 3.43. The van der Waals surface area contributed by atoms with Gasteiger partial charge in [-0.15, -0.1) is 0 Å². The summed E-state index contributed by atoms with van der Waals surface area (Å²) in [6, 6.07) is 13.0. The van der Waals surface area contributed by atoms with Crippen LogP contribution in [0.4, 0.5) is 0 Å². The average molecular weight is 386 g/mol. The lowest BCUT2D eigenvalue weighted by Gasteiger charge is -2.26. The Morgan fingerprint density at radius 2 is 1.70 bits per heavy atom. The van der Waals surface area contributed by atoms with E-state index in [2.05, 4.69) is 0 Å². The molecule has 0 radical (unpaired) electrons.